The molecule has 0 bridgehead atoms. The summed E-state index contributed by atoms with van der Waals surface area (Å²) in [4.78, 5) is 0.227. The molecule has 0 saturated carbocycles. The average Bonchev–Trinajstić information content (AvgIpc) is 2.28. The average molecular weight is 268 g/mol. The van der Waals surface area contributed by atoms with Crippen LogP contribution in [0, 0.1) is 0 Å². The van der Waals surface area contributed by atoms with Gasteiger partial charge in [-0.15, -0.1) is 0 Å². The Morgan fingerprint density at radius 1 is 1.17 bits per heavy atom. The van der Waals surface area contributed by atoms with E-state index in [1.807, 2.05) is 13.8 Å². The van der Waals surface area contributed by atoms with Crippen molar-refractivity contribution < 1.29 is 8.42 Å². The number of anilines is 1. The van der Waals surface area contributed by atoms with E-state index in [0.29, 0.717) is 5.69 Å². The number of hydrogen-bond acceptors (Lipinski definition) is 3. The maximum atomic E-state index is 12.7. The second kappa shape index (κ2) is 4.90. The van der Waals surface area contributed by atoms with Gasteiger partial charge in [-0.05, 0) is 38.8 Å². The quantitative estimate of drug-likeness (QED) is 0.836. The molecule has 0 aromatic heterocycles. The number of sulfonamides is 1. The van der Waals surface area contributed by atoms with Crippen LogP contribution in [-0.2, 0) is 10.0 Å². The lowest BCUT2D eigenvalue weighted by Gasteiger charge is -2.37. The Kier molecular flexibility index (Phi) is 3.64. The minimum atomic E-state index is -3.48. The standard InChI is InChI=1S/C13H20N2O2S/c1-10-6-5-7-11(2)15(10)18(16,17)13-9-4-3-8-12(13)14/h3-4,8-11H,5-7,14H2,1-2H3. The Bertz CT molecular complexity index is 518. The Labute approximate surface area is 109 Å². The lowest BCUT2D eigenvalue weighted by molar-refractivity contribution is 0.204. The Morgan fingerprint density at radius 3 is 2.28 bits per heavy atom. The molecule has 1 aromatic rings. The first kappa shape index (κ1) is 13.4. The fourth-order valence-electron chi connectivity index (χ4n) is 2.70. The molecular formula is C13H20N2O2S. The molecule has 1 heterocycles. The van der Waals surface area contributed by atoms with Gasteiger partial charge in [0.15, 0.2) is 0 Å². The zero-order chi connectivity index (χ0) is 13.3. The number of nitrogens with zero attached hydrogens (tertiary/aromatic N) is 1. The predicted octanol–water partition coefficient (Wildman–Crippen LogP) is 2.22. The number of nitrogen functional groups attached to an aromatic ring is 1. The van der Waals surface area contributed by atoms with E-state index in [2.05, 4.69) is 0 Å². The molecule has 2 rings (SSSR count). The van der Waals surface area contributed by atoms with Gasteiger partial charge in [0.2, 0.25) is 10.0 Å². The van der Waals surface area contributed by atoms with Gasteiger partial charge in [-0.3, -0.25) is 0 Å². The number of piperidine rings is 1. The Hall–Kier alpha value is -1.07. The molecule has 18 heavy (non-hydrogen) atoms. The van der Waals surface area contributed by atoms with E-state index >= 15 is 0 Å². The Morgan fingerprint density at radius 2 is 1.72 bits per heavy atom. The molecular weight excluding hydrogens is 248 g/mol. The van der Waals surface area contributed by atoms with Gasteiger partial charge in [0.25, 0.3) is 0 Å². The van der Waals surface area contributed by atoms with E-state index in [0.717, 1.165) is 19.3 Å². The molecule has 0 spiro atoms. The largest absolute Gasteiger partial charge is 0.398 e. The van der Waals surface area contributed by atoms with Crippen LogP contribution in [0.5, 0.6) is 0 Å². The third kappa shape index (κ3) is 2.24. The summed E-state index contributed by atoms with van der Waals surface area (Å²) >= 11 is 0. The molecule has 4 nitrogen and oxygen atoms in total. The van der Waals surface area contributed by atoms with Gasteiger partial charge in [0.1, 0.15) is 4.90 Å². The summed E-state index contributed by atoms with van der Waals surface area (Å²) in [6.45, 7) is 3.93. The first-order valence-corrected chi connectivity index (χ1v) is 7.76. The van der Waals surface area contributed by atoms with Gasteiger partial charge in [-0.2, -0.15) is 4.31 Å². The number of benzene rings is 1. The second-order valence-electron chi connectivity index (χ2n) is 5.00. The second-order valence-corrected chi connectivity index (χ2v) is 6.81. The normalized spacial score (nSPS) is 26.1. The first-order valence-electron chi connectivity index (χ1n) is 6.32. The van der Waals surface area contributed by atoms with Gasteiger partial charge in [0.05, 0.1) is 5.69 Å². The van der Waals surface area contributed by atoms with Crippen molar-refractivity contribution in [1.82, 2.24) is 4.31 Å². The lowest BCUT2D eigenvalue weighted by atomic mass is 10.0. The Balaban J connectivity index is 2.45. The highest BCUT2D eigenvalue weighted by Crippen LogP contribution is 2.31. The molecule has 1 saturated heterocycles. The van der Waals surface area contributed by atoms with Crippen molar-refractivity contribution in [3.63, 3.8) is 0 Å². The van der Waals surface area contributed by atoms with E-state index in [1.165, 1.54) is 0 Å². The molecule has 5 heteroatoms. The monoisotopic (exact) mass is 268 g/mol. The molecule has 1 fully saturated rings. The lowest BCUT2D eigenvalue weighted by Crippen LogP contribution is -2.47. The van der Waals surface area contributed by atoms with Crippen LogP contribution >= 0.6 is 0 Å². The van der Waals surface area contributed by atoms with Crippen LogP contribution in [0.4, 0.5) is 5.69 Å². The van der Waals surface area contributed by atoms with Crippen molar-refractivity contribution in [2.24, 2.45) is 0 Å². The SMILES string of the molecule is CC1CCCC(C)N1S(=O)(=O)c1ccccc1N. The van der Waals surface area contributed by atoms with Crippen molar-refractivity contribution >= 4 is 15.7 Å². The van der Waals surface area contributed by atoms with E-state index in [-0.39, 0.29) is 17.0 Å². The maximum Gasteiger partial charge on any atom is 0.245 e. The molecule has 2 atom stereocenters. The van der Waals surface area contributed by atoms with Gasteiger partial charge in [-0.1, -0.05) is 18.6 Å². The summed E-state index contributed by atoms with van der Waals surface area (Å²) in [5.74, 6) is 0. The fraction of sp³-hybridized carbons (Fsp3) is 0.538. The van der Waals surface area contributed by atoms with Crippen LogP contribution in [-0.4, -0.2) is 24.8 Å². The van der Waals surface area contributed by atoms with Gasteiger partial charge in [0, 0.05) is 12.1 Å². The molecule has 1 aliphatic heterocycles. The highest BCUT2D eigenvalue weighted by Gasteiger charge is 2.36. The zero-order valence-electron chi connectivity index (χ0n) is 10.8. The van der Waals surface area contributed by atoms with Crippen molar-refractivity contribution in [3.05, 3.63) is 24.3 Å². The minimum Gasteiger partial charge on any atom is -0.398 e. The summed E-state index contributed by atoms with van der Waals surface area (Å²) < 4.78 is 27.0. The van der Waals surface area contributed by atoms with E-state index in [1.54, 1.807) is 28.6 Å². The third-order valence-corrected chi connectivity index (χ3v) is 5.79. The highest BCUT2D eigenvalue weighted by atomic mass is 32.2. The first-order chi connectivity index (χ1) is 8.44. The van der Waals surface area contributed by atoms with Gasteiger partial charge < -0.3 is 5.73 Å². The number of nitrogens with two attached hydrogens (primary N) is 1. The zero-order valence-corrected chi connectivity index (χ0v) is 11.7. The number of para-hydroxylation sites is 1. The van der Waals surface area contributed by atoms with Crippen LogP contribution in [0.25, 0.3) is 0 Å². The fourth-order valence-corrected chi connectivity index (χ4v) is 4.70. The van der Waals surface area contributed by atoms with Crippen molar-refractivity contribution in [2.45, 2.75) is 50.1 Å². The van der Waals surface area contributed by atoms with Crippen LogP contribution in [0.15, 0.2) is 29.2 Å². The van der Waals surface area contributed by atoms with Crippen LogP contribution in [0.2, 0.25) is 0 Å². The van der Waals surface area contributed by atoms with Crippen molar-refractivity contribution in [1.29, 1.82) is 0 Å². The van der Waals surface area contributed by atoms with Crippen molar-refractivity contribution in [3.8, 4) is 0 Å². The van der Waals surface area contributed by atoms with Gasteiger partial charge >= 0.3 is 0 Å². The summed E-state index contributed by atoms with van der Waals surface area (Å²) in [6, 6.07) is 6.75. The molecule has 1 aromatic carbocycles. The highest BCUT2D eigenvalue weighted by molar-refractivity contribution is 7.89. The topological polar surface area (TPSA) is 63.4 Å². The summed E-state index contributed by atoms with van der Waals surface area (Å²) in [7, 11) is -3.48. The third-order valence-electron chi connectivity index (χ3n) is 3.59. The summed E-state index contributed by atoms with van der Waals surface area (Å²) in [6.07, 6.45) is 2.91. The van der Waals surface area contributed by atoms with Crippen molar-refractivity contribution in [2.75, 3.05) is 5.73 Å². The summed E-state index contributed by atoms with van der Waals surface area (Å²) in [5.41, 5.74) is 6.12. The molecule has 2 unspecified atom stereocenters. The van der Waals surface area contributed by atoms with Crippen LogP contribution in [0.1, 0.15) is 33.1 Å². The molecule has 0 radical (unpaired) electrons. The van der Waals surface area contributed by atoms with Crippen LogP contribution < -0.4 is 5.73 Å². The summed E-state index contributed by atoms with van der Waals surface area (Å²) in [5, 5.41) is 0. The number of rotatable bonds is 2. The van der Waals surface area contributed by atoms with E-state index in [4.69, 9.17) is 5.73 Å². The molecule has 100 valence electrons. The van der Waals surface area contributed by atoms with Crippen LogP contribution in [0.3, 0.4) is 0 Å². The number of hydrogen-bond donors (Lipinski definition) is 1. The molecule has 0 aliphatic carbocycles. The molecule has 2 N–H and O–H groups in total. The smallest absolute Gasteiger partial charge is 0.245 e. The van der Waals surface area contributed by atoms with E-state index < -0.39 is 10.0 Å². The predicted molar refractivity (Wildman–Crippen MR) is 72.7 cm³/mol. The molecule has 1 aliphatic rings. The van der Waals surface area contributed by atoms with Gasteiger partial charge in [-0.25, -0.2) is 8.42 Å². The maximum absolute atomic E-state index is 12.7. The molecule has 0 amide bonds. The van der Waals surface area contributed by atoms with E-state index in [9.17, 15) is 8.42 Å². The minimum absolute atomic E-state index is 0.0401.